The summed E-state index contributed by atoms with van der Waals surface area (Å²) in [4.78, 5) is 24.7. The zero-order chi connectivity index (χ0) is 13.8. The van der Waals surface area contributed by atoms with Crippen LogP contribution in [0.25, 0.3) is 0 Å². The molecule has 0 saturated heterocycles. The van der Waals surface area contributed by atoms with Gasteiger partial charge in [-0.1, -0.05) is 30.3 Å². The Labute approximate surface area is 108 Å². The van der Waals surface area contributed by atoms with E-state index in [4.69, 9.17) is 4.74 Å². The topological polar surface area (TPSA) is 64.1 Å². The molecule has 2 rings (SSSR count). The summed E-state index contributed by atoms with van der Waals surface area (Å²) in [5.74, 6) is -1.03. The van der Waals surface area contributed by atoms with E-state index in [-0.39, 0.29) is 0 Å². The molecule has 6 heteroatoms. The molecule has 1 aromatic heterocycles. The molecular weight excluding hydrogens is 251 g/mol. The standard InChI is InChI=1S/C13H13FN2O3/c1-2-19-12(9-6-4-3-5-7-9)16-8-10(14)11(17)15-13(16)18/h3-8,12H,2H2,1H3,(H,15,17,18). The van der Waals surface area contributed by atoms with Gasteiger partial charge in [-0.3, -0.25) is 14.3 Å². The van der Waals surface area contributed by atoms with E-state index in [9.17, 15) is 14.0 Å². The van der Waals surface area contributed by atoms with E-state index in [1.807, 2.05) is 11.1 Å². The zero-order valence-electron chi connectivity index (χ0n) is 10.3. The smallest absolute Gasteiger partial charge is 0.330 e. The van der Waals surface area contributed by atoms with Crippen molar-refractivity contribution >= 4 is 0 Å². The van der Waals surface area contributed by atoms with Crippen molar-refractivity contribution in [3.63, 3.8) is 0 Å². The largest absolute Gasteiger partial charge is 0.354 e. The van der Waals surface area contributed by atoms with Crippen LogP contribution in [0.15, 0.2) is 46.1 Å². The van der Waals surface area contributed by atoms with E-state index in [0.717, 1.165) is 10.8 Å². The molecule has 1 aromatic carbocycles. The predicted molar refractivity (Wildman–Crippen MR) is 67.5 cm³/mol. The molecule has 0 aliphatic heterocycles. The highest BCUT2D eigenvalue weighted by Crippen LogP contribution is 2.17. The van der Waals surface area contributed by atoms with Crippen LogP contribution in [0.3, 0.4) is 0 Å². The molecule has 0 aliphatic rings. The quantitative estimate of drug-likeness (QED) is 0.904. The van der Waals surface area contributed by atoms with E-state index in [2.05, 4.69) is 0 Å². The third-order valence-electron chi connectivity index (χ3n) is 2.59. The molecule has 100 valence electrons. The van der Waals surface area contributed by atoms with E-state index in [1.165, 1.54) is 0 Å². The number of nitrogens with zero attached hydrogens (tertiary/aromatic N) is 1. The summed E-state index contributed by atoms with van der Waals surface area (Å²) in [6.45, 7) is 2.11. The maximum atomic E-state index is 13.3. The highest BCUT2D eigenvalue weighted by molar-refractivity contribution is 5.18. The Hall–Kier alpha value is -2.21. The minimum atomic E-state index is -1.04. The first-order valence-corrected chi connectivity index (χ1v) is 5.81. The SMILES string of the molecule is CCOC(c1ccccc1)n1cc(F)c(=O)[nH]c1=O. The van der Waals surface area contributed by atoms with Crippen molar-refractivity contribution in [3.8, 4) is 0 Å². The number of nitrogens with one attached hydrogen (secondary N) is 1. The number of hydrogen-bond donors (Lipinski definition) is 1. The molecule has 1 N–H and O–H groups in total. The average Bonchev–Trinajstić information content (AvgIpc) is 2.42. The van der Waals surface area contributed by atoms with Crippen LogP contribution in [0.4, 0.5) is 4.39 Å². The van der Waals surface area contributed by atoms with Crippen molar-refractivity contribution in [2.75, 3.05) is 6.61 Å². The second-order valence-electron chi connectivity index (χ2n) is 3.86. The maximum absolute atomic E-state index is 13.3. The molecule has 0 saturated carbocycles. The van der Waals surface area contributed by atoms with Gasteiger partial charge >= 0.3 is 5.69 Å². The van der Waals surface area contributed by atoms with Crippen LogP contribution < -0.4 is 11.2 Å². The Morgan fingerprint density at radius 2 is 2.00 bits per heavy atom. The van der Waals surface area contributed by atoms with Crippen LogP contribution >= 0.6 is 0 Å². The van der Waals surface area contributed by atoms with E-state index < -0.39 is 23.3 Å². The summed E-state index contributed by atoms with van der Waals surface area (Å²) in [6.07, 6.45) is 0.0825. The molecule has 5 nitrogen and oxygen atoms in total. The Morgan fingerprint density at radius 3 is 2.63 bits per heavy atom. The Bertz CT molecular complexity index is 664. The molecule has 0 spiro atoms. The summed E-state index contributed by atoms with van der Waals surface area (Å²) in [7, 11) is 0. The summed E-state index contributed by atoms with van der Waals surface area (Å²) < 4.78 is 19.8. The van der Waals surface area contributed by atoms with E-state index in [0.29, 0.717) is 12.2 Å². The lowest BCUT2D eigenvalue weighted by Crippen LogP contribution is -2.35. The molecule has 1 heterocycles. The summed E-state index contributed by atoms with van der Waals surface area (Å²) >= 11 is 0. The van der Waals surface area contributed by atoms with Gasteiger partial charge in [0, 0.05) is 12.2 Å². The normalized spacial score (nSPS) is 12.3. The minimum absolute atomic E-state index is 0.340. The zero-order valence-corrected chi connectivity index (χ0v) is 10.3. The maximum Gasteiger partial charge on any atom is 0.330 e. The van der Waals surface area contributed by atoms with Gasteiger partial charge in [0.2, 0.25) is 5.82 Å². The molecule has 0 aliphatic carbocycles. The van der Waals surface area contributed by atoms with Crippen molar-refractivity contribution in [3.05, 3.63) is 68.7 Å². The van der Waals surface area contributed by atoms with Gasteiger partial charge in [0.05, 0.1) is 6.20 Å². The number of rotatable bonds is 4. The number of aromatic nitrogens is 2. The second-order valence-corrected chi connectivity index (χ2v) is 3.86. The van der Waals surface area contributed by atoms with Crippen LogP contribution in [0.5, 0.6) is 0 Å². The number of benzene rings is 1. The predicted octanol–water partition coefficient (Wildman–Crippen LogP) is 1.26. The van der Waals surface area contributed by atoms with Crippen molar-refractivity contribution < 1.29 is 9.13 Å². The fourth-order valence-corrected chi connectivity index (χ4v) is 1.75. The Kier molecular flexibility index (Phi) is 3.91. The lowest BCUT2D eigenvalue weighted by Gasteiger charge is -2.19. The summed E-state index contributed by atoms with van der Waals surface area (Å²) in [6, 6.07) is 8.91. The van der Waals surface area contributed by atoms with Crippen molar-refractivity contribution in [1.82, 2.24) is 9.55 Å². The Balaban J connectivity index is 2.54. The average molecular weight is 264 g/mol. The molecule has 0 bridgehead atoms. The lowest BCUT2D eigenvalue weighted by molar-refractivity contribution is 0.0367. The molecular formula is C13H13FN2O3. The fourth-order valence-electron chi connectivity index (χ4n) is 1.75. The highest BCUT2D eigenvalue weighted by Gasteiger charge is 2.16. The first-order chi connectivity index (χ1) is 9.13. The number of aromatic amines is 1. The molecule has 0 fully saturated rings. The number of hydrogen-bond acceptors (Lipinski definition) is 3. The van der Waals surface area contributed by atoms with Gasteiger partial charge in [-0.15, -0.1) is 0 Å². The van der Waals surface area contributed by atoms with Crippen molar-refractivity contribution in [2.45, 2.75) is 13.2 Å². The summed E-state index contributed by atoms with van der Waals surface area (Å²) in [5, 5.41) is 0. The van der Waals surface area contributed by atoms with Crippen LogP contribution in [-0.2, 0) is 4.74 Å². The monoisotopic (exact) mass is 264 g/mol. The van der Waals surface area contributed by atoms with Crippen molar-refractivity contribution in [1.29, 1.82) is 0 Å². The van der Waals surface area contributed by atoms with E-state index in [1.54, 1.807) is 31.2 Å². The van der Waals surface area contributed by atoms with Gasteiger partial charge in [0.25, 0.3) is 5.56 Å². The van der Waals surface area contributed by atoms with Gasteiger partial charge in [0.15, 0.2) is 6.23 Å². The van der Waals surface area contributed by atoms with Gasteiger partial charge in [-0.25, -0.2) is 4.79 Å². The molecule has 19 heavy (non-hydrogen) atoms. The third kappa shape index (κ3) is 2.79. The lowest BCUT2D eigenvalue weighted by atomic mass is 10.2. The fraction of sp³-hybridized carbons (Fsp3) is 0.231. The Morgan fingerprint density at radius 1 is 1.32 bits per heavy atom. The minimum Gasteiger partial charge on any atom is -0.354 e. The second kappa shape index (κ2) is 5.62. The molecule has 0 amide bonds. The number of halogens is 1. The van der Waals surface area contributed by atoms with Crippen molar-refractivity contribution in [2.24, 2.45) is 0 Å². The van der Waals surface area contributed by atoms with Crippen LogP contribution in [-0.4, -0.2) is 16.2 Å². The van der Waals surface area contributed by atoms with Crippen LogP contribution in [0, 0.1) is 5.82 Å². The van der Waals surface area contributed by atoms with Gasteiger partial charge in [0.1, 0.15) is 0 Å². The molecule has 1 atom stereocenters. The van der Waals surface area contributed by atoms with Crippen LogP contribution in [0.1, 0.15) is 18.7 Å². The van der Waals surface area contributed by atoms with E-state index >= 15 is 0 Å². The summed E-state index contributed by atoms with van der Waals surface area (Å²) in [5.41, 5.74) is -1.06. The highest BCUT2D eigenvalue weighted by atomic mass is 19.1. The molecule has 2 aromatic rings. The first kappa shape index (κ1) is 13.2. The number of ether oxygens (including phenoxy) is 1. The molecule has 1 unspecified atom stereocenters. The first-order valence-electron chi connectivity index (χ1n) is 5.81. The number of H-pyrrole nitrogens is 1. The van der Waals surface area contributed by atoms with Gasteiger partial charge in [-0.2, -0.15) is 4.39 Å². The molecule has 0 radical (unpaired) electrons. The van der Waals surface area contributed by atoms with Gasteiger partial charge in [-0.05, 0) is 6.92 Å². The van der Waals surface area contributed by atoms with Gasteiger partial charge < -0.3 is 4.74 Å². The van der Waals surface area contributed by atoms with Crippen LogP contribution in [0.2, 0.25) is 0 Å². The third-order valence-corrected chi connectivity index (χ3v) is 2.59.